The quantitative estimate of drug-likeness (QED) is 0.792. The van der Waals surface area contributed by atoms with Crippen LogP contribution in [0.3, 0.4) is 0 Å². The second-order valence-corrected chi connectivity index (χ2v) is 6.46. The third kappa shape index (κ3) is 5.37. The minimum atomic E-state index is -0.767. The van der Waals surface area contributed by atoms with Gasteiger partial charge in [0.05, 0.1) is 11.7 Å². The fourth-order valence-corrected chi connectivity index (χ4v) is 2.58. The van der Waals surface area contributed by atoms with E-state index in [-0.39, 0.29) is 5.69 Å². The molecule has 0 aromatic heterocycles. The van der Waals surface area contributed by atoms with Crippen molar-refractivity contribution >= 4 is 33.6 Å². The molecule has 7 heteroatoms. The van der Waals surface area contributed by atoms with Crippen LogP contribution in [0.2, 0.25) is 0 Å². The van der Waals surface area contributed by atoms with E-state index in [1.807, 2.05) is 29.2 Å². The van der Waals surface area contributed by atoms with Crippen LogP contribution in [0.1, 0.15) is 12.5 Å². The summed E-state index contributed by atoms with van der Waals surface area (Å²) in [6.45, 7) is 2.23. The van der Waals surface area contributed by atoms with Crippen LogP contribution in [0.15, 0.2) is 53.0 Å². The molecular formula is C18H19BrFN3O2. The number of imide groups is 1. The molecule has 0 saturated carbocycles. The second kappa shape index (κ2) is 8.73. The van der Waals surface area contributed by atoms with Gasteiger partial charge in [0.15, 0.2) is 0 Å². The highest BCUT2D eigenvalue weighted by Gasteiger charge is 2.21. The lowest BCUT2D eigenvalue weighted by molar-refractivity contribution is -0.124. The van der Waals surface area contributed by atoms with E-state index in [0.29, 0.717) is 6.54 Å². The Hall–Kier alpha value is -2.25. The maximum atomic E-state index is 13.5. The lowest BCUT2D eigenvalue weighted by Crippen LogP contribution is -2.46. The molecule has 1 atom stereocenters. The number of hydrogen-bond donors (Lipinski definition) is 2. The molecule has 0 heterocycles. The number of nitrogens with one attached hydrogen (secondary N) is 2. The van der Waals surface area contributed by atoms with E-state index in [4.69, 9.17) is 0 Å². The predicted molar refractivity (Wildman–Crippen MR) is 98.6 cm³/mol. The highest BCUT2D eigenvalue weighted by molar-refractivity contribution is 9.10. The number of nitrogens with zero attached hydrogens (tertiary/aromatic N) is 1. The first-order valence-corrected chi connectivity index (χ1v) is 8.48. The number of anilines is 1. The molecule has 2 rings (SSSR count). The van der Waals surface area contributed by atoms with Gasteiger partial charge in [0.1, 0.15) is 5.82 Å². The van der Waals surface area contributed by atoms with E-state index in [9.17, 15) is 14.0 Å². The number of urea groups is 1. The van der Waals surface area contributed by atoms with Crippen LogP contribution in [0.4, 0.5) is 14.9 Å². The third-order valence-electron chi connectivity index (χ3n) is 3.78. The van der Waals surface area contributed by atoms with Crippen LogP contribution in [-0.2, 0) is 11.3 Å². The number of benzene rings is 2. The smallest absolute Gasteiger partial charge is 0.305 e. The van der Waals surface area contributed by atoms with Gasteiger partial charge in [-0.1, -0.05) is 46.3 Å². The molecule has 0 aliphatic rings. The average molecular weight is 408 g/mol. The van der Waals surface area contributed by atoms with Crippen molar-refractivity contribution in [3.8, 4) is 0 Å². The Morgan fingerprint density at radius 3 is 2.48 bits per heavy atom. The van der Waals surface area contributed by atoms with E-state index in [2.05, 4.69) is 26.6 Å². The molecule has 0 saturated heterocycles. The van der Waals surface area contributed by atoms with Crippen LogP contribution in [0.25, 0.3) is 0 Å². The standard InChI is InChI=1S/C18H19BrFN3O2/c1-12(23(2)11-13-7-3-4-8-14(13)19)17(24)22-18(25)21-16-10-6-5-9-15(16)20/h3-10,12H,11H2,1-2H3,(H2,21,22,24,25). The molecule has 25 heavy (non-hydrogen) atoms. The summed E-state index contributed by atoms with van der Waals surface area (Å²) >= 11 is 3.47. The Morgan fingerprint density at radius 1 is 1.16 bits per heavy atom. The molecule has 3 amide bonds. The van der Waals surface area contributed by atoms with Crippen molar-refractivity contribution in [3.05, 3.63) is 64.4 Å². The summed E-state index contributed by atoms with van der Waals surface area (Å²) in [5.41, 5.74) is 1.04. The first-order chi connectivity index (χ1) is 11.9. The van der Waals surface area contributed by atoms with Gasteiger partial charge in [0.25, 0.3) is 0 Å². The first kappa shape index (κ1) is 19.1. The van der Waals surface area contributed by atoms with Crippen LogP contribution in [-0.4, -0.2) is 29.9 Å². The monoisotopic (exact) mass is 407 g/mol. The molecule has 0 aliphatic heterocycles. The lowest BCUT2D eigenvalue weighted by Gasteiger charge is -2.24. The fraction of sp³-hybridized carbons (Fsp3) is 0.222. The Bertz CT molecular complexity index is 769. The van der Waals surface area contributed by atoms with Crippen LogP contribution >= 0.6 is 15.9 Å². The number of hydrogen-bond acceptors (Lipinski definition) is 3. The van der Waals surface area contributed by atoms with Gasteiger partial charge in [-0.15, -0.1) is 0 Å². The van der Waals surface area contributed by atoms with Gasteiger partial charge in [-0.2, -0.15) is 0 Å². The maximum Gasteiger partial charge on any atom is 0.326 e. The normalized spacial score (nSPS) is 11.9. The molecule has 0 radical (unpaired) electrons. The zero-order valence-electron chi connectivity index (χ0n) is 13.9. The van der Waals surface area contributed by atoms with Crippen molar-refractivity contribution in [3.63, 3.8) is 0 Å². The van der Waals surface area contributed by atoms with Gasteiger partial charge in [0, 0.05) is 11.0 Å². The molecule has 0 spiro atoms. The number of amides is 3. The molecule has 5 nitrogen and oxygen atoms in total. The Labute approximate surface area is 154 Å². The summed E-state index contributed by atoms with van der Waals surface area (Å²) in [6, 6.07) is 12.2. The van der Waals surface area contributed by atoms with Crippen molar-refractivity contribution in [1.29, 1.82) is 0 Å². The summed E-state index contributed by atoms with van der Waals surface area (Å²) in [4.78, 5) is 25.9. The predicted octanol–water partition coefficient (Wildman–Crippen LogP) is 3.76. The minimum Gasteiger partial charge on any atom is -0.305 e. The zero-order valence-corrected chi connectivity index (χ0v) is 15.5. The molecule has 0 bridgehead atoms. The lowest BCUT2D eigenvalue weighted by atomic mass is 10.2. The molecule has 2 N–H and O–H groups in total. The highest BCUT2D eigenvalue weighted by atomic mass is 79.9. The van der Waals surface area contributed by atoms with Crippen molar-refractivity contribution in [2.24, 2.45) is 0 Å². The van der Waals surface area contributed by atoms with Gasteiger partial charge >= 0.3 is 6.03 Å². The molecule has 1 unspecified atom stereocenters. The van der Waals surface area contributed by atoms with Gasteiger partial charge in [-0.25, -0.2) is 9.18 Å². The van der Waals surface area contributed by atoms with Crippen molar-refractivity contribution in [1.82, 2.24) is 10.2 Å². The van der Waals surface area contributed by atoms with Gasteiger partial charge in [-0.3, -0.25) is 15.0 Å². The van der Waals surface area contributed by atoms with Gasteiger partial charge < -0.3 is 5.32 Å². The minimum absolute atomic E-state index is 0.0158. The van der Waals surface area contributed by atoms with Crippen LogP contribution < -0.4 is 10.6 Å². The number of likely N-dealkylation sites (N-methyl/N-ethyl adjacent to an activating group) is 1. The van der Waals surface area contributed by atoms with Crippen molar-refractivity contribution in [2.45, 2.75) is 19.5 Å². The summed E-state index contributed by atoms with van der Waals surface area (Å²) < 4.78 is 14.5. The van der Waals surface area contributed by atoms with Gasteiger partial charge in [0.2, 0.25) is 5.91 Å². The Kier molecular flexibility index (Phi) is 6.66. The summed E-state index contributed by atoms with van der Waals surface area (Å²) in [5.74, 6) is -1.03. The maximum absolute atomic E-state index is 13.5. The number of carbonyl (C=O) groups is 2. The van der Waals surface area contributed by atoms with E-state index < -0.39 is 23.8 Å². The van der Waals surface area contributed by atoms with E-state index in [0.717, 1.165) is 10.0 Å². The first-order valence-electron chi connectivity index (χ1n) is 7.68. The van der Waals surface area contributed by atoms with Crippen molar-refractivity contribution in [2.75, 3.05) is 12.4 Å². The number of halogens is 2. The molecule has 132 valence electrons. The number of rotatable bonds is 5. The van der Waals surface area contributed by atoms with E-state index in [1.165, 1.54) is 18.2 Å². The molecule has 2 aromatic rings. The third-order valence-corrected chi connectivity index (χ3v) is 4.55. The molecular weight excluding hydrogens is 389 g/mol. The Morgan fingerprint density at radius 2 is 1.80 bits per heavy atom. The summed E-state index contributed by atoms with van der Waals surface area (Å²) in [6.07, 6.45) is 0. The zero-order chi connectivity index (χ0) is 18.4. The highest BCUT2D eigenvalue weighted by Crippen LogP contribution is 2.18. The summed E-state index contributed by atoms with van der Waals surface area (Å²) in [7, 11) is 1.79. The average Bonchev–Trinajstić information content (AvgIpc) is 2.58. The largest absolute Gasteiger partial charge is 0.326 e. The van der Waals surface area contributed by atoms with E-state index in [1.54, 1.807) is 20.0 Å². The van der Waals surface area contributed by atoms with Crippen LogP contribution in [0, 0.1) is 5.82 Å². The number of carbonyl (C=O) groups excluding carboxylic acids is 2. The molecule has 0 aliphatic carbocycles. The topological polar surface area (TPSA) is 61.4 Å². The molecule has 0 fully saturated rings. The van der Waals surface area contributed by atoms with E-state index >= 15 is 0 Å². The van der Waals surface area contributed by atoms with Gasteiger partial charge in [-0.05, 0) is 37.7 Å². The fourth-order valence-electron chi connectivity index (χ4n) is 2.16. The number of para-hydroxylation sites is 1. The second-order valence-electron chi connectivity index (χ2n) is 5.61. The van der Waals surface area contributed by atoms with Crippen molar-refractivity contribution < 1.29 is 14.0 Å². The molecule has 2 aromatic carbocycles. The SMILES string of the molecule is CC(C(=O)NC(=O)Nc1ccccc1F)N(C)Cc1ccccc1Br. The van der Waals surface area contributed by atoms with Crippen LogP contribution in [0.5, 0.6) is 0 Å². The Balaban J connectivity index is 1.92. The summed E-state index contributed by atoms with van der Waals surface area (Å²) in [5, 5.41) is 4.55.